The van der Waals surface area contributed by atoms with Gasteiger partial charge in [-0.3, -0.25) is 9.10 Å². The van der Waals surface area contributed by atoms with Crippen LogP contribution in [-0.4, -0.2) is 46.2 Å². The maximum atomic E-state index is 12.4. The molecule has 0 unspecified atom stereocenters. The fourth-order valence-corrected chi connectivity index (χ4v) is 4.24. The second-order valence-electron chi connectivity index (χ2n) is 6.59. The third-order valence-electron chi connectivity index (χ3n) is 4.42. The van der Waals surface area contributed by atoms with Gasteiger partial charge in [0.2, 0.25) is 10.0 Å². The molecule has 0 aliphatic carbocycles. The highest BCUT2D eigenvalue weighted by molar-refractivity contribution is 7.92. The number of hydrogen-bond acceptors (Lipinski definition) is 6. The van der Waals surface area contributed by atoms with Crippen LogP contribution in [0.3, 0.4) is 0 Å². The number of ketones is 1. The molecule has 0 saturated heterocycles. The Morgan fingerprint density at radius 1 is 1.14 bits per heavy atom. The first-order chi connectivity index (χ1) is 13.8. The van der Waals surface area contributed by atoms with Crippen LogP contribution in [0.2, 0.25) is 5.02 Å². The van der Waals surface area contributed by atoms with Crippen molar-refractivity contribution in [2.75, 3.05) is 30.3 Å². The summed E-state index contributed by atoms with van der Waals surface area (Å²) in [7, 11) is -3.37. The third-order valence-corrected chi connectivity index (χ3v) is 5.92. The van der Waals surface area contributed by atoms with Crippen LogP contribution in [0.15, 0.2) is 42.5 Å². The molecule has 9 heteroatoms. The first-order valence-electron chi connectivity index (χ1n) is 8.92. The molecule has 0 bridgehead atoms. The third kappa shape index (κ3) is 5.27. The molecule has 1 heterocycles. The zero-order chi connectivity index (χ0) is 21.0. The number of esters is 1. The summed E-state index contributed by atoms with van der Waals surface area (Å²) in [6.45, 7) is -0.383. The average molecular weight is 438 g/mol. The van der Waals surface area contributed by atoms with Gasteiger partial charge in [0.15, 0.2) is 19.0 Å². The van der Waals surface area contributed by atoms with Crippen molar-refractivity contribution in [3.8, 4) is 5.75 Å². The second-order valence-corrected chi connectivity index (χ2v) is 8.90. The lowest BCUT2D eigenvalue weighted by Gasteiger charge is -2.29. The van der Waals surface area contributed by atoms with Crippen molar-refractivity contribution in [2.45, 2.75) is 12.8 Å². The van der Waals surface area contributed by atoms with Crippen LogP contribution in [0.1, 0.15) is 22.3 Å². The number of benzene rings is 2. The topological polar surface area (TPSA) is 90.0 Å². The lowest BCUT2D eigenvalue weighted by molar-refractivity contribution is -0.144. The number of nitrogens with zero attached hydrogens (tertiary/aromatic N) is 1. The van der Waals surface area contributed by atoms with Crippen molar-refractivity contribution in [1.82, 2.24) is 0 Å². The molecule has 2 aromatic carbocycles. The average Bonchev–Trinajstić information content (AvgIpc) is 2.69. The second kappa shape index (κ2) is 8.84. The molecule has 0 atom stereocenters. The number of hydrogen-bond donors (Lipinski definition) is 0. The monoisotopic (exact) mass is 437 g/mol. The normalized spacial score (nSPS) is 13.5. The van der Waals surface area contributed by atoms with Gasteiger partial charge in [-0.1, -0.05) is 23.7 Å². The molecule has 29 heavy (non-hydrogen) atoms. The molecular weight excluding hydrogens is 418 g/mol. The highest BCUT2D eigenvalue weighted by Gasteiger charge is 2.24. The molecule has 0 amide bonds. The molecule has 1 aliphatic rings. The van der Waals surface area contributed by atoms with Gasteiger partial charge in [-0.2, -0.15) is 0 Å². The van der Waals surface area contributed by atoms with Gasteiger partial charge in [0.25, 0.3) is 0 Å². The van der Waals surface area contributed by atoms with Gasteiger partial charge in [-0.15, -0.1) is 0 Å². The SMILES string of the molecule is CS(=O)(=O)N1CCCc2cc(C(=O)COC(=O)COc3ccccc3Cl)ccc21. The van der Waals surface area contributed by atoms with Crippen LogP contribution in [0.25, 0.3) is 0 Å². The van der Waals surface area contributed by atoms with Gasteiger partial charge in [0, 0.05) is 12.1 Å². The minimum Gasteiger partial charge on any atom is -0.480 e. The summed E-state index contributed by atoms with van der Waals surface area (Å²) in [5, 5.41) is 0.369. The molecule has 7 nitrogen and oxygen atoms in total. The Morgan fingerprint density at radius 3 is 2.62 bits per heavy atom. The van der Waals surface area contributed by atoms with Crippen molar-refractivity contribution < 1.29 is 27.5 Å². The smallest absolute Gasteiger partial charge is 0.344 e. The summed E-state index contributed by atoms with van der Waals surface area (Å²) >= 11 is 5.94. The number of aryl methyl sites for hydroxylation is 1. The minimum atomic E-state index is -3.37. The first-order valence-corrected chi connectivity index (χ1v) is 11.1. The summed E-state index contributed by atoms with van der Waals surface area (Å²) in [5.74, 6) is -0.725. The van der Waals surface area contributed by atoms with E-state index in [-0.39, 0.29) is 12.4 Å². The largest absolute Gasteiger partial charge is 0.480 e. The Morgan fingerprint density at radius 2 is 1.90 bits per heavy atom. The minimum absolute atomic E-state index is 0.350. The predicted molar refractivity (Wildman–Crippen MR) is 109 cm³/mol. The number of rotatable bonds is 7. The van der Waals surface area contributed by atoms with Crippen molar-refractivity contribution >= 4 is 39.1 Å². The molecule has 0 fully saturated rings. The molecule has 1 aliphatic heterocycles. The standard InChI is InChI=1S/C20H20ClNO6S/c1-29(25,26)22-10-4-5-14-11-15(8-9-17(14)22)18(23)12-28-20(24)13-27-19-7-3-2-6-16(19)21/h2-3,6-9,11H,4-5,10,12-13H2,1H3. The van der Waals surface area contributed by atoms with Crippen LogP contribution >= 0.6 is 11.6 Å². The van der Waals surface area contributed by atoms with Gasteiger partial charge in [0.1, 0.15) is 5.75 Å². The van der Waals surface area contributed by atoms with E-state index in [1.807, 2.05) is 0 Å². The van der Waals surface area contributed by atoms with Gasteiger partial charge in [-0.05, 0) is 48.7 Å². The summed E-state index contributed by atoms with van der Waals surface area (Å²) in [5.41, 5.74) is 1.72. The number of carbonyl (C=O) groups excluding carboxylic acids is 2. The van der Waals surface area contributed by atoms with Crippen LogP contribution in [0, 0.1) is 0 Å². The maximum absolute atomic E-state index is 12.4. The van der Waals surface area contributed by atoms with Gasteiger partial charge in [-0.25, -0.2) is 13.2 Å². The molecule has 2 aromatic rings. The Balaban J connectivity index is 1.58. The van der Waals surface area contributed by atoms with Gasteiger partial charge >= 0.3 is 5.97 Å². The maximum Gasteiger partial charge on any atom is 0.344 e. The van der Waals surface area contributed by atoms with E-state index in [0.29, 0.717) is 41.4 Å². The number of ether oxygens (including phenoxy) is 2. The Hall–Kier alpha value is -2.58. The summed E-state index contributed by atoms with van der Waals surface area (Å²) in [6.07, 6.45) is 2.51. The number of sulfonamides is 1. The number of Topliss-reactive ketones (excluding diaryl/α,β-unsaturated/α-hetero) is 1. The first kappa shape index (κ1) is 21.1. The van der Waals surface area contributed by atoms with E-state index < -0.39 is 22.6 Å². The molecule has 3 rings (SSSR count). The van der Waals surface area contributed by atoms with E-state index in [9.17, 15) is 18.0 Å². The van der Waals surface area contributed by atoms with Crippen molar-refractivity contribution in [3.63, 3.8) is 0 Å². The zero-order valence-corrected chi connectivity index (χ0v) is 17.3. The van der Waals surface area contributed by atoms with E-state index in [1.54, 1.807) is 42.5 Å². The van der Waals surface area contributed by atoms with E-state index in [0.717, 1.165) is 11.8 Å². The van der Waals surface area contributed by atoms with E-state index in [4.69, 9.17) is 21.1 Å². The quantitative estimate of drug-likeness (QED) is 0.488. The molecule has 0 aromatic heterocycles. The fourth-order valence-electron chi connectivity index (χ4n) is 3.05. The molecule has 154 valence electrons. The van der Waals surface area contributed by atoms with E-state index in [1.165, 1.54) is 4.31 Å². The molecular formula is C20H20ClNO6S. The molecule has 0 radical (unpaired) electrons. The molecule has 0 N–H and O–H groups in total. The summed E-state index contributed by atoms with van der Waals surface area (Å²) in [4.78, 5) is 24.2. The van der Waals surface area contributed by atoms with Crippen LogP contribution in [0.5, 0.6) is 5.75 Å². The van der Waals surface area contributed by atoms with E-state index in [2.05, 4.69) is 0 Å². The van der Waals surface area contributed by atoms with Crippen molar-refractivity contribution in [2.24, 2.45) is 0 Å². The number of fused-ring (bicyclic) bond motifs is 1. The van der Waals surface area contributed by atoms with Crippen molar-refractivity contribution in [1.29, 1.82) is 0 Å². The number of para-hydroxylation sites is 1. The highest BCUT2D eigenvalue weighted by Crippen LogP contribution is 2.30. The zero-order valence-electron chi connectivity index (χ0n) is 15.8. The predicted octanol–water partition coefficient (Wildman–Crippen LogP) is 2.86. The van der Waals surface area contributed by atoms with Gasteiger partial charge in [0.05, 0.1) is 17.0 Å². The molecule has 0 spiro atoms. The number of carbonyl (C=O) groups is 2. The van der Waals surface area contributed by atoms with Crippen LogP contribution in [0.4, 0.5) is 5.69 Å². The number of halogens is 1. The van der Waals surface area contributed by atoms with Crippen LogP contribution < -0.4 is 9.04 Å². The van der Waals surface area contributed by atoms with Gasteiger partial charge < -0.3 is 9.47 Å². The fraction of sp³-hybridized carbons (Fsp3) is 0.300. The Kier molecular flexibility index (Phi) is 6.44. The lowest BCUT2D eigenvalue weighted by Crippen LogP contribution is -2.34. The Bertz CT molecular complexity index is 1040. The summed E-state index contributed by atoms with van der Waals surface area (Å²) in [6, 6.07) is 11.5. The Labute approximate surface area is 174 Å². The molecule has 0 saturated carbocycles. The van der Waals surface area contributed by atoms with Crippen LogP contribution in [-0.2, 0) is 26.0 Å². The summed E-state index contributed by atoms with van der Waals surface area (Å²) < 4.78 is 35.4. The number of anilines is 1. The van der Waals surface area contributed by atoms with E-state index >= 15 is 0 Å². The highest BCUT2D eigenvalue weighted by atomic mass is 35.5. The lowest BCUT2D eigenvalue weighted by atomic mass is 9.99. The van der Waals surface area contributed by atoms with Crippen molar-refractivity contribution in [3.05, 3.63) is 58.6 Å².